The van der Waals surface area contributed by atoms with E-state index in [1.807, 2.05) is 42.9 Å². The first-order valence-electron chi connectivity index (χ1n) is 9.11. The van der Waals surface area contributed by atoms with Crippen LogP contribution in [-0.2, 0) is 13.7 Å². The number of benzene rings is 2. The summed E-state index contributed by atoms with van der Waals surface area (Å²) >= 11 is 0. The minimum absolute atomic E-state index is 0.497. The molecule has 4 nitrogen and oxygen atoms in total. The third-order valence-electron chi connectivity index (χ3n) is 4.91. The van der Waals surface area contributed by atoms with E-state index in [1.165, 1.54) is 16.7 Å². The predicted octanol–water partition coefficient (Wildman–Crippen LogP) is 5.14. The smallest absolute Gasteiger partial charge is 0.216 e. The molecule has 0 aliphatic rings. The van der Waals surface area contributed by atoms with Gasteiger partial charge in [0.25, 0.3) is 0 Å². The molecular weight excluding hydrogens is 334 g/mol. The van der Waals surface area contributed by atoms with Crippen LogP contribution in [0.3, 0.4) is 0 Å². The van der Waals surface area contributed by atoms with Crippen molar-refractivity contribution in [3.63, 3.8) is 0 Å². The summed E-state index contributed by atoms with van der Waals surface area (Å²) in [6.07, 6.45) is 0. The first-order valence-corrected chi connectivity index (χ1v) is 9.11. The highest BCUT2D eigenvalue weighted by Crippen LogP contribution is 2.33. The average molecular weight is 357 g/mol. The zero-order chi connectivity index (χ0) is 19.0. The first kappa shape index (κ1) is 17.3. The van der Waals surface area contributed by atoms with Gasteiger partial charge in [-0.1, -0.05) is 54.1 Å². The Morgan fingerprint density at radius 3 is 2.52 bits per heavy atom. The number of rotatable bonds is 4. The third kappa shape index (κ3) is 3.31. The quantitative estimate of drug-likeness (QED) is 0.508. The van der Waals surface area contributed by atoms with Gasteiger partial charge in [-0.2, -0.15) is 10.1 Å². The minimum Gasteiger partial charge on any atom is -0.473 e. The summed E-state index contributed by atoms with van der Waals surface area (Å²) in [6.45, 7) is 6.72. The van der Waals surface area contributed by atoms with Crippen LogP contribution in [0.2, 0.25) is 0 Å². The number of nitrogens with zero attached hydrogens (tertiary/aromatic N) is 3. The summed E-state index contributed by atoms with van der Waals surface area (Å²) in [5, 5.41) is 5.63. The van der Waals surface area contributed by atoms with Crippen LogP contribution >= 0.6 is 0 Å². The standard InChI is InChI=1S/C23H23N3O/c1-15-10-11-16(2)19(12-15)14-27-21-13-20(18-8-6-5-7-9-18)22-17(3)25-26(4)23(22)24-21/h5-13H,14H2,1-4H3. The van der Waals surface area contributed by atoms with Gasteiger partial charge in [-0.05, 0) is 43.0 Å². The lowest BCUT2D eigenvalue weighted by molar-refractivity contribution is 0.294. The monoisotopic (exact) mass is 357 g/mol. The maximum Gasteiger partial charge on any atom is 0.216 e. The van der Waals surface area contributed by atoms with Crippen molar-refractivity contribution < 1.29 is 4.74 Å². The van der Waals surface area contributed by atoms with E-state index in [0.29, 0.717) is 12.5 Å². The van der Waals surface area contributed by atoms with Gasteiger partial charge in [-0.25, -0.2) is 0 Å². The zero-order valence-corrected chi connectivity index (χ0v) is 16.2. The molecule has 0 spiro atoms. The normalized spacial score (nSPS) is 11.1. The minimum atomic E-state index is 0.497. The molecule has 0 N–H and O–H groups in total. The van der Waals surface area contributed by atoms with Gasteiger partial charge in [0.05, 0.1) is 11.1 Å². The first-order chi connectivity index (χ1) is 13.0. The van der Waals surface area contributed by atoms with E-state index in [1.54, 1.807) is 0 Å². The topological polar surface area (TPSA) is 39.9 Å². The van der Waals surface area contributed by atoms with Crippen LogP contribution in [0.25, 0.3) is 22.2 Å². The summed E-state index contributed by atoms with van der Waals surface area (Å²) in [6, 6.07) is 18.8. The second-order valence-corrected chi connectivity index (χ2v) is 7.00. The van der Waals surface area contributed by atoms with Crippen molar-refractivity contribution in [2.24, 2.45) is 7.05 Å². The predicted molar refractivity (Wildman–Crippen MR) is 109 cm³/mol. The lowest BCUT2D eigenvalue weighted by Crippen LogP contribution is -2.01. The van der Waals surface area contributed by atoms with Gasteiger partial charge < -0.3 is 4.74 Å². The molecule has 2 aromatic carbocycles. The maximum absolute atomic E-state index is 6.11. The van der Waals surface area contributed by atoms with E-state index >= 15 is 0 Å². The van der Waals surface area contributed by atoms with Crippen molar-refractivity contribution in [2.45, 2.75) is 27.4 Å². The summed E-state index contributed by atoms with van der Waals surface area (Å²) in [5.74, 6) is 0.616. The molecule has 4 heteroatoms. The Hall–Kier alpha value is -3.14. The lowest BCUT2D eigenvalue weighted by atomic mass is 10.0. The Labute approximate surface area is 159 Å². The number of ether oxygens (including phenoxy) is 1. The van der Waals surface area contributed by atoms with Crippen molar-refractivity contribution in [1.29, 1.82) is 0 Å². The number of hydrogen-bond acceptors (Lipinski definition) is 3. The largest absolute Gasteiger partial charge is 0.473 e. The van der Waals surface area contributed by atoms with Crippen molar-refractivity contribution >= 4 is 11.0 Å². The van der Waals surface area contributed by atoms with E-state index in [9.17, 15) is 0 Å². The van der Waals surface area contributed by atoms with Gasteiger partial charge in [-0.15, -0.1) is 0 Å². The fourth-order valence-electron chi connectivity index (χ4n) is 3.45. The van der Waals surface area contributed by atoms with Crippen molar-refractivity contribution in [1.82, 2.24) is 14.8 Å². The highest BCUT2D eigenvalue weighted by Gasteiger charge is 2.15. The van der Waals surface area contributed by atoms with Crippen LogP contribution in [0.15, 0.2) is 54.6 Å². The maximum atomic E-state index is 6.11. The molecule has 0 aliphatic heterocycles. The number of pyridine rings is 1. The molecule has 0 fully saturated rings. The fourth-order valence-corrected chi connectivity index (χ4v) is 3.45. The van der Waals surface area contributed by atoms with Gasteiger partial charge in [0.15, 0.2) is 5.65 Å². The van der Waals surface area contributed by atoms with Crippen LogP contribution in [0.4, 0.5) is 0 Å². The zero-order valence-electron chi connectivity index (χ0n) is 16.2. The van der Waals surface area contributed by atoms with Crippen molar-refractivity contribution in [2.75, 3.05) is 0 Å². The molecule has 27 heavy (non-hydrogen) atoms. The second kappa shape index (κ2) is 6.88. The molecule has 0 bridgehead atoms. The SMILES string of the molecule is Cc1ccc(C)c(COc2cc(-c3ccccc3)c3c(C)nn(C)c3n2)c1. The van der Waals surface area contributed by atoms with Crippen LogP contribution in [0.5, 0.6) is 5.88 Å². The van der Waals surface area contributed by atoms with E-state index < -0.39 is 0 Å². The van der Waals surface area contributed by atoms with E-state index in [2.05, 4.69) is 49.3 Å². The molecule has 0 radical (unpaired) electrons. The molecule has 0 amide bonds. The summed E-state index contributed by atoms with van der Waals surface area (Å²) in [7, 11) is 1.92. The van der Waals surface area contributed by atoms with Gasteiger partial charge in [0.2, 0.25) is 5.88 Å². The fraction of sp³-hybridized carbons (Fsp3) is 0.217. The van der Waals surface area contributed by atoms with Gasteiger partial charge >= 0.3 is 0 Å². The Bertz CT molecular complexity index is 1110. The molecule has 4 rings (SSSR count). The Kier molecular flexibility index (Phi) is 4.40. The molecule has 136 valence electrons. The van der Waals surface area contributed by atoms with Crippen LogP contribution in [-0.4, -0.2) is 14.8 Å². The van der Waals surface area contributed by atoms with Gasteiger partial charge in [0.1, 0.15) is 6.61 Å². The summed E-state index contributed by atoms with van der Waals surface area (Å²) < 4.78 is 7.93. The van der Waals surface area contributed by atoms with Crippen molar-refractivity contribution in [3.05, 3.63) is 77.0 Å². The highest BCUT2D eigenvalue weighted by molar-refractivity contribution is 5.95. The van der Waals surface area contributed by atoms with Gasteiger partial charge in [-0.3, -0.25) is 4.68 Å². The molecule has 0 atom stereocenters. The molecular formula is C23H23N3O. The molecule has 0 saturated carbocycles. The molecule has 0 saturated heterocycles. The van der Waals surface area contributed by atoms with Crippen LogP contribution in [0.1, 0.15) is 22.4 Å². The van der Waals surface area contributed by atoms with Gasteiger partial charge in [0, 0.05) is 13.1 Å². The molecule has 2 heterocycles. The number of hydrogen-bond donors (Lipinski definition) is 0. The molecule has 2 aromatic heterocycles. The highest BCUT2D eigenvalue weighted by atomic mass is 16.5. The molecule has 0 unspecified atom stereocenters. The van der Waals surface area contributed by atoms with Crippen LogP contribution < -0.4 is 4.74 Å². The number of aromatic nitrogens is 3. The van der Waals surface area contributed by atoms with Crippen molar-refractivity contribution in [3.8, 4) is 17.0 Å². The van der Waals surface area contributed by atoms with Crippen LogP contribution in [0, 0.1) is 20.8 Å². The Morgan fingerprint density at radius 2 is 1.74 bits per heavy atom. The molecule has 0 aliphatic carbocycles. The number of aryl methyl sites for hydroxylation is 4. The second-order valence-electron chi connectivity index (χ2n) is 7.00. The van der Waals surface area contributed by atoms with E-state index in [-0.39, 0.29) is 0 Å². The Morgan fingerprint density at radius 1 is 0.963 bits per heavy atom. The lowest BCUT2D eigenvalue weighted by Gasteiger charge is -2.11. The Balaban J connectivity index is 1.78. The molecule has 4 aromatic rings. The van der Waals surface area contributed by atoms with E-state index in [0.717, 1.165) is 27.9 Å². The average Bonchev–Trinajstić information content (AvgIpc) is 2.96. The van der Waals surface area contributed by atoms with E-state index in [4.69, 9.17) is 9.72 Å². The summed E-state index contributed by atoms with van der Waals surface area (Å²) in [4.78, 5) is 4.73. The third-order valence-corrected chi connectivity index (χ3v) is 4.91. The summed E-state index contributed by atoms with van der Waals surface area (Å²) in [5.41, 5.74) is 7.68. The number of fused-ring (bicyclic) bond motifs is 1.